The van der Waals surface area contributed by atoms with Crippen molar-refractivity contribution in [2.75, 3.05) is 30.9 Å². The van der Waals surface area contributed by atoms with Crippen molar-refractivity contribution in [3.05, 3.63) is 46.8 Å². The molecule has 0 bridgehead atoms. The van der Waals surface area contributed by atoms with E-state index >= 15 is 0 Å². The number of hydrogen-bond donors (Lipinski definition) is 4. The van der Waals surface area contributed by atoms with Gasteiger partial charge in [0.1, 0.15) is 31.0 Å². The molecule has 6 heterocycles. The van der Waals surface area contributed by atoms with Crippen molar-refractivity contribution in [2.24, 2.45) is 0 Å². The van der Waals surface area contributed by atoms with Gasteiger partial charge in [0.25, 0.3) is 0 Å². The Bertz CT molecular complexity index is 1680. The predicted molar refractivity (Wildman–Crippen MR) is 146 cm³/mol. The lowest BCUT2D eigenvalue weighted by Crippen LogP contribution is -2.00. The number of pyridine rings is 3. The summed E-state index contributed by atoms with van der Waals surface area (Å²) in [5, 5.41) is 1.55. The molecule has 0 aromatic carbocycles. The number of nitrogen functional groups attached to an aromatic ring is 3. The monoisotopic (exact) mass is 543 g/mol. The molecule has 12 nitrogen and oxygen atoms in total. The summed E-state index contributed by atoms with van der Waals surface area (Å²) in [6.07, 6.45) is 0. The predicted octanol–water partition coefficient (Wildman–Crippen LogP) is 3.52. The normalized spacial score (nSPS) is 10.5. The molecule has 15 heteroatoms. The number of anilines is 3. The zero-order chi connectivity index (χ0) is 25.7. The Morgan fingerprint density at radius 1 is 0.750 bits per heavy atom. The van der Waals surface area contributed by atoms with Crippen LogP contribution < -0.4 is 32.2 Å². The molecule has 6 aromatic heterocycles. The van der Waals surface area contributed by atoms with E-state index in [0.717, 1.165) is 31.0 Å². The van der Waals surface area contributed by atoms with Gasteiger partial charge < -0.3 is 31.7 Å². The second-order valence-electron chi connectivity index (χ2n) is 6.78. The molecule has 0 saturated carbocycles. The van der Waals surface area contributed by atoms with Crippen LogP contribution in [0.4, 0.5) is 15.4 Å². The van der Waals surface area contributed by atoms with Gasteiger partial charge in [-0.25, -0.2) is 24.9 Å². The fraction of sp³-hybridized carbons (Fsp3) is 0.143. The van der Waals surface area contributed by atoms with Gasteiger partial charge in [-0.1, -0.05) is 34.0 Å². The van der Waals surface area contributed by atoms with Crippen molar-refractivity contribution in [1.82, 2.24) is 29.9 Å². The molecule has 6 aromatic rings. The topological polar surface area (TPSA) is 194 Å². The van der Waals surface area contributed by atoms with E-state index in [1.807, 2.05) is 19.1 Å². The maximum Gasteiger partial charge on any atom is 0.249 e. The number of fused-ring (bicyclic) bond motifs is 3. The first kappa shape index (κ1) is 25.0. The molecule has 0 atom stereocenters. The van der Waals surface area contributed by atoms with E-state index in [2.05, 4.69) is 29.9 Å². The molecule has 0 unspecified atom stereocenters. The van der Waals surface area contributed by atoms with E-state index in [0.29, 0.717) is 33.8 Å². The van der Waals surface area contributed by atoms with Gasteiger partial charge in [-0.2, -0.15) is 0 Å². The van der Waals surface area contributed by atoms with E-state index in [4.69, 9.17) is 26.7 Å². The minimum Gasteiger partial charge on any atom is -0.481 e. The van der Waals surface area contributed by atoms with Crippen molar-refractivity contribution in [3.8, 4) is 11.8 Å². The van der Waals surface area contributed by atoms with Crippen LogP contribution in [0.1, 0.15) is 6.92 Å². The van der Waals surface area contributed by atoms with Crippen LogP contribution in [0.15, 0.2) is 41.2 Å². The van der Waals surface area contributed by atoms with Crippen molar-refractivity contribution < 1.29 is 9.47 Å². The summed E-state index contributed by atoms with van der Waals surface area (Å²) in [4.78, 5) is 36.3. The second-order valence-corrected chi connectivity index (χ2v) is 9.83. The maximum absolute atomic E-state index is 10.8. The first-order chi connectivity index (χ1) is 17.3. The van der Waals surface area contributed by atoms with E-state index in [9.17, 15) is 4.79 Å². The molecule has 0 aliphatic rings. The van der Waals surface area contributed by atoms with Crippen LogP contribution >= 0.6 is 34.0 Å². The van der Waals surface area contributed by atoms with Crippen LogP contribution in [0.3, 0.4) is 0 Å². The zero-order valence-corrected chi connectivity index (χ0v) is 21.5. The minimum atomic E-state index is -0.124. The second kappa shape index (κ2) is 11.1. The molecule has 0 radical (unpaired) electrons. The average Bonchev–Trinajstić information content (AvgIpc) is 3.52. The lowest BCUT2D eigenvalue weighted by atomic mass is 10.4. The van der Waals surface area contributed by atoms with Gasteiger partial charge in [-0.15, -0.1) is 0 Å². The van der Waals surface area contributed by atoms with Gasteiger partial charge in [0.2, 0.25) is 17.3 Å². The number of H-pyrrole nitrogens is 1. The van der Waals surface area contributed by atoms with Crippen LogP contribution in [0.2, 0.25) is 0 Å². The first-order valence-electron chi connectivity index (χ1n) is 10.3. The Hall–Kier alpha value is -4.08. The Morgan fingerprint density at radius 2 is 1.28 bits per heavy atom. The van der Waals surface area contributed by atoms with Gasteiger partial charge in [-0.3, -0.25) is 4.79 Å². The molecule has 0 aliphatic heterocycles. The number of methoxy groups -OCH3 is 1. The highest BCUT2D eigenvalue weighted by Gasteiger charge is 2.04. The average molecular weight is 544 g/mol. The summed E-state index contributed by atoms with van der Waals surface area (Å²) in [6, 6.07) is 10.4. The Balaban J connectivity index is 0.000000127. The van der Waals surface area contributed by atoms with Gasteiger partial charge >= 0.3 is 0 Å². The quantitative estimate of drug-likeness (QED) is 0.255. The van der Waals surface area contributed by atoms with Crippen LogP contribution in [0.5, 0.6) is 11.8 Å². The summed E-state index contributed by atoms with van der Waals surface area (Å²) in [5.74, 6) is 1.21. The highest BCUT2D eigenvalue weighted by molar-refractivity contribution is 7.22. The highest BCUT2D eigenvalue weighted by Crippen LogP contribution is 2.24. The molecule has 0 spiro atoms. The highest BCUT2D eigenvalue weighted by atomic mass is 32.1. The molecule has 0 fully saturated rings. The fourth-order valence-electron chi connectivity index (χ4n) is 2.84. The van der Waals surface area contributed by atoms with Crippen LogP contribution in [0, 0.1) is 0 Å². The van der Waals surface area contributed by atoms with E-state index in [1.54, 1.807) is 25.3 Å². The minimum absolute atomic E-state index is 0.124. The molecule has 186 valence electrons. The van der Waals surface area contributed by atoms with Crippen molar-refractivity contribution >= 4 is 80.4 Å². The number of nitrogens with two attached hydrogens (primary N) is 3. The van der Waals surface area contributed by atoms with E-state index in [1.165, 1.54) is 40.1 Å². The third-order valence-corrected chi connectivity index (χ3v) is 6.70. The molecule has 0 aliphatic carbocycles. The van der Waals surface area contributed by atoms with Gasteiger partial charge in [0.15, 0.2) is 15.4 Å². The summed E-state index contributed by atoms with van der Waals surface area (Å²) >= 11 is 4.00. The van der Waals surface area contributed by atoms with Crippen molar-refractivity contribution in [3.63, 3.8) is 0 Å². The fourth-order valence-corrected chi connectivity index (χ4v) is 4.95. The Kier molecular flexibility index (Phi) is 7.72. The molecular formula is C21H21N9O3S3. The molecule has 36 heavy (non-hydrogen) atoms. The smallest absolute Gasteiger partial charge is 0.249 e. The van der Waals surface area contributed by atoms with Gasteiger partial charge in [-0.05, 0) is 25.1 Å². The van der Waals surface area contributed by atoms with Crippen LogP contribution in [0.25, 0.3) is 31.0 Å². The summed E-state index contributed by atoms with van der Waals surface area (Å²) in [7, 11) is 1.58. The van der Waals surface area contributed by atoms with Gasteiger partial charge in [0.05, 0.1) is 13.7 Å². The SMILES string of the molecule is CCOc1ccc2nc(N)sc2n1.COc1ccc2nc(N)sc2n1.Nc1nc2ccc(=O)[nH]c2s1. The molecule has 0 amide bonds. The third-order valence-electron chi connectivity index (χ3n) is 4.29. The van der Waals surface area contributed by atoms with Crippen molar-refractivity contribution in [1.29, 1.82) is 0 Å². The molecule has 7 N–H and O–H groups in total. The number of thiazole rings is 3. The third kappa shape index (κ3) is 6.12. The number of rotatable bonds is 3. The van der Waals surface area contributed by atoms with E-state index < -0.39 is 0 Å². The molecular weight excluding hydrogens is 522 g/mol. The maximum atomic E-state index is 10.8. The number of nitrogens with zero attached hydrogens (tertiary/aromatic N) is 5. The molecule has 6 rings (SSSR count). The number of aromatic nitrogens is 6. The number of aromatic amines is 1. The zero-order valence-electron chi connectivity index (χ0n) is 19.1. The number of nitrogens with one attached hydrogen (secondary N) is 1. The van der Waals surface area contributed by atoms with Gasteiger partial charge in [0, 0.05) is 18.2 Å². The Labute approximate surface area is 215 Å². The number of hydrogen-bond acceptors (Lipinski definition) is 14. The molecule has 0 saturated heterocycles. The van der Waals surface area contributed by atoms with Crippen LogP contribution in [-0.4, -0.2) is 43.6 Å². The lowest BCUT2D eigenvalue weighted by molar-refractivity contribution is 0.328. The largest absolute Gasteiger partial charge is 0.481 e. The standard InChI is InChI=1S/C8H9N3OS.C7H7N3OS.C6H5N3OS/c1-2-12-6-4-3-5-7(11-6)13-8(9)10-5;1-11-5-3-2-4-6(10-5)12-7(8)9-4;7-6-8-3-1-2-4(10)9-5(3)11-6/h3-4H,2H2,1H3,(H2,9,10);2-3H,1H3,(H2,8,9);1-2H,(H2,7,8)(H,9,10). The lowest BCUT2D eigenvalue weighted by Gasteiger charge is -1.99. The summed E-state index contributed by atoms with van der Waals surface area (Å²) < 4.78 is 10.2. The Morgan fingerprint density at radius 3 is 1.89 bits per heavy atom. The van der Waals surface area contributed by atoms with Crippen molar-refractivity contribution in [2.45, 2.75) is 6.92 Å². The first-order valence-corrected chi connectivity index (χ1v) is 12.8. The number of ether oxygens (including phenoxy) is 2. The van der Waals surface area contributed by atoms with Crippen LogP contribution in [-0.2, 0) is 0 Å². The summed E-state index contributed by atoms with van der Waals surface area (Å²) in [6.45, 7) is 2.54. The summed E-state index contributed by atoms with van der Waals surface area (Å²) in [5.41, 5.74) is 18.7. The van der Waals surface area contributed by atoms with E-state index in [-0.39, 0.29) is 5.56 Å².